The molecule has 0 unspecified atom stereocenters. The molecule has 2 atom stereocenters. The monoisotopic (exact) mass is 244 g/mol. The number of rotatable bonds is 1. The zero-order valence-corrected chi connectivity index (χ0v) is 10.1. The van der Waals surface area contributed by atoms with Crippen molar-refractivity contribution in [3.05, 3.63) is 24.3 Å². The molecule has 18 heavy (non-hydrogen) atoms. The Morgan fingerprint density at radius 1 is 0.944 bits per heavy atom. The van der Waals surface area contributed by atoms with Crippen LogP contribution < -0.4 is 10.6 Å². The highest BCUT2D eigenvalue weighted by atomic mass is 16.2. The molecule has 2 amide bonds. The standard InChI is InChI=1S/C14H16N2O2/c15-9-5-7-10(8-6-9)16-13(17)11-3-1-2-4-12(11)14(16)18/h5-8,11-12H,1-4,15H2/t11-,12-/m1/s1. The van der Waals surface area contributed by atoms with Gasteiger partial charge in [-0.05, 0) is 37.1 Å². The fourth-order valence-corrected chi connectivity index (χ4v) is 3.04. The van der Waals surface area contributed by atoms with E-state index in [0.29, 0.717) is 11.4 Å². The van der Waals surface area contributed by atoms with Crippen LogP contribution in [0.3, 0.4) is 0 Å². The summed E-state index contributed by atoms with van der Waals surface area (Å²) in [5.74, 6) is -0.253. The minimum absolute atomic E-state index is 0.0329. The molecule has 0 radical (unpaired) electrons. The van der Waals surface area contributed by atoms with E-state index in [2.05, 4.69) is 0 Å². The lowest BCUT2D eigenvalue weighted by atomic mass is 9.81. The molecule has 94 valence electrons. The van der Waals surface area contributed by atoms with Gasteiger partial charge in [-0.15, -0.1) is 0 Å². The normalized spacial score (nSPS) is 27.4. The Labute approximate surface area is 106 Å². The van der Waals surface area contributed by atoms with Crippen LogP contribution >= 0.6 is 0 Å². The van der Waals surface area contributed by atoms with Gasteiger partial charge < -0.3 is 5.73 Å². The fourth-order valence-electron chi connectivity index (χ4n) is 3.04. The van der Waals surface area contributed by atoms with Crippen molar-refractivity contribution in [1.29, 1.82) is 0 Å². The molecule has 0 bridgehead atoms. The Bertz CT molecular complexity index is 471. The number of anilines is 2. The summed E-state index contributed by atoms with van der Waals surface area (Å²) in [6, 6.07) is 6.92. The van der Waals surface area contributed by atoms with Gasteiger partial charge in [-0.2, -0.15) is 0 Å². The molecule has 1 saturated carbocycles. The summed E-state index contributed by atoms with van der Waals surface area (Å²) in [5.41, 5.74) is 6.90. The molecule has 2 aliphatic rings. The van der Waals surface area contributed by atoms with Crippen LogP contribution in [0, 0.1) is 11.8 Å². The first-order chi connectivity index (χ1) is 8.68. The number of nitrogens with two attached hydrogens (primary N) is 1. The van der Waals surface area contributed by atoms with Gasteiger partial charge in [0.2, 0.25) is 11.8 Å². The third kappa shape index (κ3) is 1.60. The summed E-state index contributed by atoms with van der Waals surface area (Å²) >= 11 is 0. The minimum atomic E-state index is -0.0937. The van der Waals surface area contributed by atoms with Crippen LogP contribution in [0.15, 0.2) is 24.3 Å². The third-order valence-corrected chi connectivity index (χ3v) is 3.99. The fraction of sp³-hybridized carbons (Fsp3) is 0.429. The van der Waals surface area contributed by atoms with Gasteiger partial charge in [-0.1, -0.05) is 12.8 Å². The van der Waals surface area contributed by atoms with E-state index in [0.717, 1.165) is 25.7 Å². The van der Waals surface area contributed by atoms with Crippen molar-refractivity contribution in [1.82, 2.24) is 0 Å². The Balaban J connectivity index is 1.95. The third-order valence-electron chi connectivity index (χ3n) is 3.99. The first-order valence-corrected chi connectivity index (χ1v) is 6.42. The van der Waals surface area contributed by atoms with E-state index in [1.807, 2.05) is 0 Å². The van der Waals surface area contributed by atoms with Gasteiger partial charge in [0, 0.05) is 5.69 Å². The van der Waals surface area contributed by atoms with Gasteiger partial charge in [0.25, 0.3) is 0 Å². The van der Waals surface area contributed by atoms with Gasteiger partial charge >= 0.3 is 0 Å². The van der Waals surface area contributed by atoms with Crippen molar-refractivity contribution >= 4 is 23.2 Å². The lowest BCUT2D eigenvalue weighted by Gasteiger charge is -2.19. The lowest BCUT2D eigenvalue weighted by molar-refractivity contribution is -0.122. The molecule has 0 aromatic heterocycles. The Morgan fingerprint density at radius 3 is 1.94 bits per heavy atom. The molecular formula is C14H16N2O2. The quantitative estimate of drug-likeness (QED) is 0.606. The van der Waals surface area contributed by atoms with Gasteiger partial charge in [0.15, 0.2) is 0 Å². The van der Waals surface area contributed by atoms with E-state index in [4.69, 9.17) is 5.73 Å². The summed E-state index contributed by atoms with van der Waals surface area (Å²) in [4.78, 5) is 26.0. The highest BCUT2D eigenvalue weighted by Gasteiger charge is 2.48. The molecule has 3 rings (SSSR count). The average Bonchev–Trinajstić information content (AvgIpc) is 2.64. The number of fused-ring (bicyclic) bond motifs is 1. The van der Waals surface area contributed by atoms with Crippen LogP contribution in [0.4, 0.5) is 11.4 Å². The van der Waals surface area contributed by atoms with E-state index in [9.17, 15) is 9.59 Å². The molecule has 2 N–H and O–H groups in total. The molecule has 1 heterocycles. The van der Waals surface area contributed by atoms with E-state index in [1.165, 1.54) is 4.90 Å². The summed E-state index contributed by atoms with van der Waals surface area (Å²) in [7, 11) is 0. The van der Waals surface area contributed by atoms with Gasteiger partial charge in [-0.25, -0.2) is 0 Å². The predicted octanol–water partition coefficient (Wildman–Crippen LogP) is 1.95. The van der Waals surface area contributed by atoms with Crippen molar-refractivity contribution < 1.29 is 9.59 Å². The molecule has 1 aromatic rings. The average molecular weight is 244 g/mol. The maximum atomic E-state index is 12.3. The van der Waals surface area contributed by atoms with Crippen LogP contribution in [0.5, 0.6) is 0 Å². The Hall–Kier alpha value is -1.84. The van der Waals surface area contributed by atoms with Gasteiger partial charge in [-0.3, -0.25) is 14.5 Å². The number of hydrogen-bond donors (Lipinski definition) is 1. The van der Waals surface area contributed by atoms with E-state index >= 15 is 0 Å². The van der Waals surface area contributed by atoms with Crippen LogP contribution in [0.1, 0.15) is 25.7 Å². The maximum Gasteiger partial charge on any atom is 0.237 e. The number of amides is 2. The number of benzene rings is 1. The first-order valence-electron chi connectivity index (χ1n) is 6.42. The SMILES string of the molecule is Nc1ccc(N2C(=O)[C@@H]3CCCC[C@H]3C2=O)cc1. The Morgan fingerprint density at radius 2 is 1.44 bits per heavy atom. The minimum Gasteiger partial charge on any atom is -0.399 e. The van der Waals surface area contributed by atoms with Crippen LogP contribution in [-0.2, 0) is 9.59 Å². The number of imide groups is 1. The topological polar surface area (TPSA) is 63.4 Å². The molecular weight excluding hydrogens is 228 g/mol. The maximum absolute atomic E-state index is 12.3. The number of hydrogen-bond acceptors (Lipinski definition) is 3. The highest BCUT2D eigenvalue weighted by Crippen LogP contribution is 2.40. The largest absolute Gasteiger partial charge is 0.399 e. The molecule has 1 aliphatic heterocycles. The summed E-state index contributed by atoms with van der Waals surface area (Å²) in [6.45, 7) is 0. The van der Waals surface area contributed by atoms with Crippen molar-refractivity contribution in [2.45, 2.75) is 25.7 Å². The zero-order chi connectivity index (χ0) is 12.7. The van der Waals surface area contributed by atoms with Crippen molar-refractivity contribution in [3.8, 4) is 0 Å². The van der Waals surface area contributed by atoms with Crippen LogP contribution in [0.25, 0.3) is 0 Å². The molecule has 4 nitrogen and oxygen atoms in total. The Kier molecular flexibility index (Phi) is 2.58. The van der Waals surface area contributed by atoms with E-state index < -0.39 is 0 Å². The second-order valence-corrected chi connectivity index (χ2v) is 5.10. The van der Waals surface area contributed by atoms with Crippen LogP contribution in [-0.4, -0.2) is 11.8 Å². The summed E-state index contributed by atoms with van der Waals surface area (Å²) < 4.78 is 0. The van der Waals surface area contributed by atoms with Gasteiger partial charge in [0.1, 0.15) is 0 Å². The molecule has 1 aromatic carbocycles. The van der Waals surface area contributed by atoms with Crippen molar-refractivity contribution in [2.24, 2.45) is 11.8 Å². The molecule has 4 heteroatoms. The molecule has 1 saturated heterocycles. The number of nitrogen functional groups attached to an aromatic ring is 1. The lowest BCUT2D eigenvalue weighted by Crippen LogP contribution is -2.30. The summed E-state index contributed by atoms with van der Waals surface area (Å²) in [6.07, 6.45) is 3.80. The molecule has 0 spiro atoms. The van der Waals surface area contributed by atoms with Crippen molar-refractivity contribution in [3.63, 3.8) is 0 Å². The van der Waals surface area contributed by atoms with Crippen LogP contribution in [0.2, 0.25) is 0 Å². The van der Waals surface area contributed by atoms with Crippen molar-refractivity contribution in [2.75, 3.05) is 10.6 Å². The van der Waals surface area contributed by atoms with Gasteiger partial charge in [0.05, 0.1) is 17.5 Å². The second-order valence-electron chi connectivity index (χ2n) is 5.10. The highest BCUT2D eigenvalue weighted by molar-refractivity contribution is 6.22. The summed E-state index contributed by atoms with van der Waals surface area (Å²) in [5, 5.41) is 0. The predicted molar refractivity (Wildman–Crippen MR) is 68.8 cm³/mol. The molecule has 1 aliphatic carbocycles. The van der Waals surface area contributed by atoms with E-state index in [-0.39, 0.29) is 23.7 Å². The number of carbonyl (C=O) groups is 2. The smallest absolute Gasteiger partial charge is 0.237 e. The first kappa shape index (κ1) is 11.3. The number of nitrogens with zero attached hydrogens (tertiary/aromatic N) is 1. The molecule has 2 fully saturated rings. The number of carbonyl (C=O) groups excluding carboxylic acids is 2. The zero-order valence-electron chi connectivity index (χ0n) is 10.1. The van der Waals surface area contributed by atoms with E-state index in [1.54, 1.807) is 24.3 Å². The second kappa shape index (κ2) is 4.12.